The number of ether oxygens (including phenoxy) is 1. The smallest absolute Gasteiger partial charge is 0.261 e. The number of piperazine rings is 1. The Morgan fingerprint density at radius 3 is 2.59 bits per heavy atom. The Hall–Kier alpha value is -1.93. The Bertz CT molecular complexity index is 763. The van der Waals surface area contributed by atoms with Crippen LogP contribution in [0.2, 0.25) is 0 Å². The largest absolute Gasteiger partial charge is 0.375 e. The minimum atomic E-state index is -0.583. The molecule has 1 aromatic rings. The van der Waals surface area contributed by atoms with Crippen molar-refractivity contribution in [2.75, 3.05) is 19.7 Å². The Labute approximate surface area is 161 Å². The minimum absolute atomic E-state index is 0.0224. The molecule has 3 saturated heterocycles. The van der Waals surface area contributed by atoms with E-state index >= 15 is 0 Å². The molecule has 5 rings (SSSR count). The second-order valence-corrected chi connectivity index (χ2v) is 8.85. The van der Waals surface area contributed by atoms with Crippen LogP contribution in [-0.2, 0) is 14.3 Å². The van der Waals surface area contributed by atoms with Gasteiger partial charge in [0.2, 0.25) is 11.8 Å². The summed E-state index contributed by atoms with van der Waals surface area (Å²) < 4.78 is 5.99. The summed E-state index contributed by atoms with van der Waals surface area (Å²) in [6, 6.07) is 2.19. The summed E-state index contributed by atoms with van der Waals surface area (Å²) in [5, 5.41) is 4.82. The number of thiophene rings is 1. The van der Waals surface area contributed by atoms with Crippen LogP contribution >= 0.6 is 11.3 Å². The quantitative estimate of drug-likeness (QED) is 0.810. The number of carbonyl (C=O) groups excluding carboxylic acids is 3. The van der Waals surface area contributed by atoms with E-state index in [-0.39, 0.29) is 29.9 Å². The van der Waals surface area contributed by atoms with Gasteiger partial charge in [0.25, 0.3) is 5.91 Å². The van der Waals surface area contributed by atoms with Crippen LogP contribution in [-0.4, -0.2) is 71.4 Å². The normalized spacial score (nSPS) is 32.6. The Balaban J connectivity index is 1.30. The summed E-state index contributed by atoms with van der Waals surface area (Å²) in [6.07, 6.45) is 3.53. The summed E-state index contributed by atoms with van der Waals surface area (Å²) in [4.78, 5) is 42.6. The molecular weight excluding hydrogens is 366 g/mol. The molecule has 0 spiro atoms. The van der Waals surface area contributed by atoms with Crippen molar-refractivity contribution in [3.05, 3.63) is 22.4 Å². The highest BCUT2D eigenvalue weighted by Crippen LogP contribution is 2.36. The minimum Gasteiger partial charge on any atom is -0.375 e. The highest BCUT2D eigenvalue weighted by Gasteiger charge is 2.56. The van der Waals surface area contributed by atoms with Gasteiger partial charge < -0.3 is 19.9 Å². The maximum Gasteiger partial charge on any atom is 0.261 e. The maximum absolute atomic E-state index is 13.1. The van der Waals surface area contributed by atoms with Gasteiger partial charge in [-0.2, -0.15) is 0 Å². The standard InChI is InChI=1S/C19H23N3O4S/c23-17(14-2-1-9-27-14)20-12-5-7-21-15(12)18(24)22-8-6-13(16(22)19(21)25)26-10-11-3-4-11/h1-2,9,11-13,15-16H,3-8,10H2,(H,20,23)/t12-,13-,15+,16+/m1/s1. The van der Waals surface area contributed by atoms with Gasteiger partial charge in [-0.3, -0.25) is 14.4 Å². The molecule has 8 heteroatoms. The van der Waals surface area contributed by atoms with Crippen molar-refractivity contribution in [2.45, 2.75) is 49.9 Å². The molecule has 4 fully saturated rings. The zero-order valence-electron chi connectivity index (χ0n) is 15.0. The summed E-state index contributed by atoms with van der Waals surface area (Å²) in [5.74, 6) is 0.382. The third kappa shape index (κ3) is 2.95. The fourth-order valence-corrected chi connectivity index (χ4v) is 5.13. The first-order valence-electron chi connectivity index (χ1n) is 9.70. The van der Waals surface area contributed by atoms with Gasteiger partial charge in [0, 0.05) is 19.7 Å². The number of fused-ring (bicyclic) bond motifs is 2. The number of nitrogens with one attached hydrogen (secondary N) is 1. The van der Waals surface area contributed by atoms with E-state index in [1.807, 2.05) is 11.4 Å². The van der Waals surface area contributed by atoms with E-state index in [0.29, 0.717) is 43.3 Å². The van der Waals surface area contributed by atoms with Gasteiger partial charge in [-0.25, -0.2) is 0 Å². The van der Waals surface area contributed by atoms with E-state index in [1.54, 1.807) is 15.9 Å². The van der Waals surface area contributed by atoms with E-state index in [2.05, 4.69) is 5.32 Å². The highest BCUT2D eigenvalue weighted by atomic mass is 32.1. The van der Waals surface area contributed by atoms with E-state index in [0.717, 1.165) is 0 Å². The number of carbonyl (C=O) groups is 3. The van der Waals surface area contributed by atoms with Crippen LogP contribution in [0, 0.1) is 5.92 Å². The van der Waals surface area contributed by atoms with Crippen molar-refractivity contribution in [2.24, 2.45) is 5.92 Å². The lowest BCUT2D eigenvalue weighted by Gasteiger charge is -2.41. The van der Waals surface area contributed by atoms with Gasteiger partial charge in [-0.15, -0.1) is 11.3 Å². The number of amides is 3. The van der Waals surface area contributed by atoms with E-state index in [9.17, 15) is 14.4 Å². The highest BCUT2D eigenvalue weighted by molar-refractivity contribution is 7.12. The van der Waals surface area contributed by atoms with Gasteiger partial charge >= 0.3 is 0 Å². The molecule has 0 bridgehead atoms. The Kier molecular flexibility index (Phi) is 4.20. The molecule has 4 atom stereocenters. The molecule has 1 saturated carbocycles. The number of hydrogen-bond donors (Lipinski definition) is 1. The van der Waals surface area contributed by atoms with Gasteiger partial charge in [-0.05, 0) is 43.0 Å². The maximum atomic E-state index is 13.1. The van der Waals surface area contributed by atoms with Crippen LogP contribution in [0.15, 0.2) is 17.5 Å². The number of nitrogens with zero attached hydrogens (tertiary/aromatic N) is 2. The van der Waals surface area contributed by atoms with Gasteiger partial charge in [-0.1, -0.05) is 6.07 Å². The molecule has 0 unspecified atom stereocenters. The van der Waals surface area contributed by atoms with Crippen LogP contribution in [0.3, 0.4) is 0 Å². The van der Waals surface area contributed by atoms with Crippen molar-refractivity contribution in [3.63, 3.8) is 0 Å². The molecular formula is C19H23N3O4S. The molecule has 1 aromatic heterocycles. The molecule has 3 amide bonds. The van der Waals surface area contributed by atoms with E-state index in [1.165, 1.54) is 24.2 Å². The lowest BCUT2D eigenvalue weighted by atomic mass is 10.0. The second-order valence-electron chi connectivity index (χ2n) is 7.90. The molecule has 144 valence electrons. The molecule has 7 nitrogen and oxygen atoms in total. The lowest BCUT2D eigenvalue weighted by Crippen LogP contribution is -2.66. The lowest BCUT2D eigenvalue weighted by molar-refractivity contribution is -0.161. The zero-order chi connectivity index (χ0) is 18.5. The first kappa shape index (κ1) is 17.2. The van der Waals surface area contributed by atoms with Crippen molar-refractivity contribution < 1.29 is 19.1 Å². The van der Waals surface area contributed by atoms with Crippen molar-refractivity contribution >= 4 is 29.1 Å². The molecule has 0 aromatic carbocycles. The van der Waals surface area contributed by atoms with Gasteiger partial charge in [0.1, 0.15) is 12.1 Å². The third-order valence-electron chi connectivity index (χ3n) is 6.12. The monoisotopic (exact) mass is 389 g/mol. The Morgan fingerprint density at radius 2 is 1.85 bits per heavy atom. The van der Waals surface area contributed by atoms with Crippen LogP contribution in [0.1, 0.15) is 35.4 Å². The molecule has 4 heterocycles. The molecule has 4 aliphatic rings. The summed E-state index contributed by atoms with van der Waals surface area (Å²) in [7, 11) is 0. The van der Waals surface area contributed by atoms with Crippen LogP contribution in [0.4, 0.5) is 0 Å². The van der Waals surface area contributed by atoms with Crippen molar-refractivity contribution in [1.82, 2.24) is 15.1 Å². The van der Waals surface area contributed by atoms with E-state index in [4.69, 9.17) is 4.74 Å². The first-order valence-corrected chi connectivity index (χ1v) is 10.6. The first-order chi connectivity index (χ1) is 13.1. The zero-order valence-corrected chi connectivity index (χ0v) is 15.8. The Morgan fingerprint density at radius 1 is 1.11 bits per heavy atom. The predicted octanol–water partition coefficient (Wildman–Crippen LogP) is 0.857. The molecule has 1 aliphatic carbocycles. The topological polar surface area (TPSA) is 79.0 Å². The predicted molar refractivity (Wildman–Crippen MR) is 98.3 cm³/mol. The number of rotatable bonds is 5. The van der Waals surface area contributed by atoms with Crippen LogP contribution < -0.4 is 5.32 Å². The molecule has 27 heavy (non-hydrogen) atoms. The molecule has 1 N–H and O–H groups in total. The number of hydrogen-bond acceptors (Lipinski definition) is 5. The van der Waals surface area contributed by atoms with Crippen LogP contribution in [0.5, 0.6) is 0 Å². The van der Waals surface area contributed by atoms with Gasteiger partial charge in [0.15, 0.2) is 0 Å². The van der Waals surface area contributed by atoms with Crippen LogP contribution in [0.25, 0.3) is 0 Å². The SMILES string of the molecule is O=C(N[C@@H]1CCN2C(=O)[C@@H]3[C@H](OCC4CC4)CCN3C(=O)[C@H]12)c1cccs1. The third-order valence-corrected chi connectivity index (χ3v) is 6.99. The van der Waals surface area contributed by atoms with E-state index < -0.39 is 12.1 Å². The van der Waals surface area contributed by atoms with Gasteiger partial charge in [0.05, 0.1) is 17.0 Å². The summed E-state index contributed by atoms with van der Waals surface area (Å²) in [5.41, 5.74) is 0. The van der Waals surface area contributed by atoms with Crippen molar-refractivity contribution in [1.29, 1.82) is 0 Å². The second kappa shape index (κ2) is 6.60. The summed E-state index contributed by atoms with van der Waals surface area (Å²) >= 11 is 1.37. The molecule has 0 radical (unpaired) electrons. The molecule has 3 aliphatic heterocycles. The average molecular weight is 389 g/mol. The fourth-order valence-electron chi connectivity index (χ4n) is 4.51. The fraction of sp³-hybridized carbons (Fsp3) is 0.632. The average Bonchev–Trinajstić information content (AvgIpc) is 3.08. The van der Waals surface area contributed by atoms with Crippen molar-refractivity contribution in [3.8, 4) is 0 Å². The summed E-state index contributed by atoms with van der Waals surface area (Å²) in [6.45, 7) is 1.75.